The molecule has 2 heterocycles. The number of carbonyl (C=O) groups excluding carboxylic acids is 1. The molecule has 2 fully saturated rings. The van der Waals surface area contributed by atoms with Crippen molar-refractivity contribution in [2.75, 3.05) is 20.2 Å². The Morgan fingerprint density at radius 2 is 2.20 bits per heavy atom. The predicted molar refractivity (Wildman–Crippen MR) is 76.4 cm³/mol. The van der Waals surface area contributed by atoms with E-state index in [4.69, 9.17) is 9.47 Å². The van der Waals surface area contributed by atoms with E-state index in [-0.39, 0.29) is 11.7 Å². The van der Waals surface area contributed by atoms with Crippen LogP contribution in [0, 0.1) is 0 Å². The molecule has 2 saturated heterocycles. The number of carbonyl (C=O) groups is 1. The first-order chi connectivity index (χ1) is 9.53. The summed E-state index contributed by atoms with van der Waals surface area (Å²) in [5, 5.41) is 0. The fourth-order valence-electron chi connectivity index (χ4n) is 2.88. The van der Waals surface area contributed by atoms with Gasteiger partial charge < -0.3 is 14.4 Å². The van der Waals surface area contributed by atoms with Crippen LogP contribution in [0.15, 0.2) is 36.0 Å². The van der Waals surface area contributed by atoms with Crippen LogP contribution in [0.2, 0.25) is 0 Å². The molecule has 4 heteroatoms. The number of rotatable bonds is 3. The molecule has 3 aliphatic rings. The largest absolute Gasteiger partial charge is 0.438 e. The lowest BCUT2D eigenvalue weighted by Crippen LogP contribution is -2.50. The normalized spacial score (nSPS) is 36.4. The third kappa shape index (κ3) is 2.52. The van der Waals surface area contributed by atoms with Gasteiger partial charge in [-0.15, -0.1) is 0 Å². The lowest BCUT2D eigenvalue weighted by atomic mass is 9.80. The predicted octanol–water partition coefficient (Wildman–Crippen LogP) is 2.82. The van der Waals surface area contributed by atoms with Gasteiger partial charge in [-0.3, -0.25) is 0 Å². The highest BCUT2D eigenvalue weighted by Crippen LogP contribution is 2.44. The summed E-state index contributed by atoms with van der Waals surface area (Å²) >= 11 is 0. The topological polar surface area (TPSA) is 42.1 Å². The first-order valence-electron chi connectivity index (χ1n) is 7.15. The SMILES string of the molecule is CN1CCC(CC2(C)CO2)(C2=CC=CCC=C2)OC1=O. The number of allylic oxidation sites excluding steroid dienone is 4. The summed E-state index contributed by atoms with van der Waals surface area (Å²) < 4.78 is 11.4. The molecule has 1 aliphatic carbocycles. The minimum absolute atomic E-state index is 0.152. The minimum Gasteiger partial charge on any atom is -0.438 e. The Morgan fingerprint density at radius 3 is 2.90 bits per heavy atom. The van der Waals surface area contributed by atoms with Crippen LogP contribution in [0.25, 0.3) is 0 Å². The molecule has 0 aromatic heterocycles. The standard InChI is InChI=1S/C16H21NO3/c1-15(12-19-15)11-16(9-10-17(2)14(18)20-16)13-7-5-3-4-6-8-13/h3,5-8H,4,9-12H2,1-2H3. The van der Waals surface area contributed by atoms with Crippen molar-refractivity contribution >= 4 is 6.09 Å². The van der Waals surface area contributed by atoms with Crippen LogP contribution in [-0.4, -0.2) is 42.4 Å². The van der Waals surface area contributed by atoms with Gasteiger partial charge in [-0.25, -0.2) is 4.79 Å². The summed E-state index contributed by atoms with van der Waals surface area (Å²) in [6, 6.07) is 0. The van der Waals surface area contributed by atoms with Crippen LogP contribution < -0.4 is 0 Å². The first-order valence-corrected chi connectivity index (χ1v) is 7.15. The van der Waals surface area contributed by atoms with E-state index >= 15 is 0 Å². The molecule has 2 atom stereocenters. The summed E-state index contributed by atoms with van der Waals surface area (Å²) in [6.45, 7) is 3.54. The fourth-order valence-corrected chi connectivity index (χ4v) is 2.88. The Kier molecular flexibility index (Phi) is 3.21. The monoisotopic (exact) mass is 275 g/mol. The van der Waals surface area contributed by atoms with Crippen molar-refractivity contribution in [3.05, 3.63) is 36.0 Å². The van der Waals surface area contributed by atoms with Crippen molar-refractivity contribution in [1.29, 1.82) is 0 Å². The van der Waals surface area contributed by atoms with E-state index in [1.807, 2.05) is 6.08 Å². The molecule has 2 aliphatic heterocycles. The van der Waals surface area contributed by atoms with Gasteiger partial charge in [0.05, 0.1) is 12.2 Å². The summed E-state index contributed by atoms with van der Waals surface area (Å²) in [5.41, 5.74) is 0.366. The molecule has 0 spiro atoms. The molecule has 4 nitrogen and oxygen atoms in total. The number of hydrogen-bond acceptors (Lipinski definition) is 3. The Hall–Kier alpha value is -1.55. The molecule has 0 radical (unpaired) electrons. The number of epoxide rings is 1. The van der Waals surface area contributed by atoms with Crippen molar-refractivity contribution in [2.24, 2.45) is 0 Å². The number of nitrogens with zero attached hydrogens (tertiary/aromatic N) is 1. The van der Waals surface area contributed by atoms with Gasteiger partial charge in [-0.2, -0.15) is 0 Å². The molecule has 2 unspecified atom stereocenters. The highest BCUT2D eigenvalue weighted by Gasteiger charge is 2.52. The van der Waals surface area contributed by atoms with Crippen LogP contribution in [-0.2, 0) is 9.47 Å². The maximum atomic E-state index is 12.0. The zero-order chi connectivity index (χ0) is 14.2. The van der Waals surface area contributed by atoms with Gasteiger partial charge in [0.2, 0.25) is 0 Å². The molecule has 0 aromatic rings. The Labute approximate surface area is 119 Å². The summed E-state index contributed by atoms with van der Waals surface area (Å²) in [5.74, 6) is 0. The van der Waals surface area contributed by atoms with Gasteiger partial charge in [0.25, 0.3) is 0 Å². The van der Waals surface area contributed by atoms with Crippen molar-refractivity contribution in [1.82, 2.24) is 4.90 Å². The zero-order valence-electron chi connectivity index (χ0n) is 12.1. The fraction of sp³-hybridized carbons (Fsp3) is 0.562. The Morgan fingerprint density at radius 1 is 1.40 bits per heavy atom. The molecule has 1 amide bonds. The second-order valence-corrected chi connectivity index (χ2v) is 6.14. The van der Waals surface area contributed by atoms with Crippen molar-refractivity contribution < 1.29 is 14.3 Å². The number of amides is 1. The molecule has 0 saturated carbocycles. The molecule has 20 heavy (non-hydrogen) atoms. The maximum absolute atomic E-state index is 12.0. The van der Waals surface area contributed by atoms with Gasteiger partial charge in [0, 0.05) is 26.4 Å². The first kappa shape index (κ1) is 13.4. The van der Waals surface area contributed by atoms with Crippen molar-refractivity contribution in [2.45, 2.75) is 37.4 Å². The van der Waals surface area contributed by atoms with Crippen LogP contribution in [0.4, 0.5) is 4.79 Å². The van der Waals surface area contributed by atoms with Gasteiger partial charge in [0.1, 0.15) is 5.60 Å². The van der Waals surface area contributed by atoms with Gasteiger partial charge in [0.15, 0.2) is 0 Å². The van der Waals surface area contributed by atoms with Crippen LogP contribution in [0.1, 0.15) is 26.2 Å². The second-order valence-electron chi connectivity index (χ2n) is 6.14. The van der Waals surface area contributed by atoms with Crippen molar-refractivity contribution in [3.63, 3.8) is 0 Å². The van der Waals surface area contributed by atoms with E-state index in [9.17, 15) is 4.79 Å². The minimum atomic E-state index is -0.556. The van der Waals surface area contributed by atoms with E-state index in [2.05, 4.69) is 31.2 Å². The van der Waals surface area contributed by atoms with Gasteiger partial charge >= 0.3 is 6.09 Å². The number of cyclic esters (lactones) is 1. The molecule has 108 valence electrons. The van der Waals surface area contributed by atoms with Crippen molar-refractivity contribution in [3.8, 4) is 0 Å². The second kappa shape index (κ2) is 4.77. The van der Waals surface area contributed by atoms with Crippen LogP contribution in [0.5, 0.6) is 0 Å². The molecule has 0 N–H and O–H groups in total. The maximum Gasteiger partial charge on any atom is 0.410 e. The van der Waals surface area contributed by atoms with Gasteiger partial charge in [-0.1, -0.05) is 30.4 Å². The van der Waals surface area contributed by atoms with Crippen LogP contribution in [0.3, 0.4) is 0 Å². The van der Waals surface area contributed by atoms with E-state index < -0.39 is 5.60 Å². The van der Waals surface area contributed by atoms with Gasteiger partial charge in [-0.05, 0) is 18.9 Å². The summed E-state index contributed by atoms with van der Waals surface area (Å²) in [6.07, 6.45) is 12.6. The van der Waals surface area contributed by atoms with E-state index in [1.165, 1.54) is 0 Å². The summed E-state index contributed by atoms with van der Waals surface area (Å²) in [4.78, 5) is 13.7. The average molecular weight is 275 g/mol. The molecule has 3 rings (SSSR count). The number of hydrogen-bond donors (Lipinski definition) is 0. The quantitative estimate of drug-likeness (QED) is 0.744. The lowest BCUT2D eigenvalue weighted by molar-refractivity contribution is -0.0331. The Bertz CT molecular complexity index is 502. The van der Waals surface area contributed by atoms with E-state index in [0.717, 1.165) is 31.4 Å². The van der Waals surface area contributed by atoms with E-state index in [0.29, 0.717) is 6.54 Å². The highest BCUT2D eigenvalue weighted by molar-refractivity contribution is 5.69. The number of ether oxygens (including phenoxy) is 2. The molecular weight excluding hydrogens is 254 g/mol. The van der Waals surface area contributed by atoms with Crippen LogP contribution >= 0.6 is 0 Å². The smallest absolute Gasteiger partial charge is 0.410 e. The lowest BCUT2D eigenvalue weighted by Gasteiger charge is -2.42. The Balaban J connectivity index is 1.92. The molecular formula is C16H21NO3. The molecule has 0 aromatic carbocycles. The summed E-state index contributed by atoms with van der Waals surface area (Å²) in [7, 11) is 1.78. The highest BCUT2D eigenvalue weighted by atomic mass is 16.6. The third-order valence-electron chi connectivity index (χ3n) is 4.25. The zero-order valence-corrected chi connectivity index (χ0v) is 12.1. The molecule has 0 bridgehead atoms. The average Bonchev–Trinajstić information content (AvgIpc) is 3.17. The third-order valence-corrected chi connectivity index (χ3v) is 4.25. The van der Waals surface area contributed by atoms with E-state index in [1.54, 1.807) is 11.9 Å².